The molecule has 3 nitrogen and oxygen atoms in total. The van der Waals surface area contributed by atoms with E-state index in [0.717, 1.165) is 30.9 Å². The van der Waals surface area contributed by atoms with Crippen molar-refractivity contribution in [3.63, 3.8) is 0 Å². The van der Waals surface area contributed by atoms with Gasteiger partial charge >= 0.3 is 0 Å². The summed E-state index contributed by atoms with van der Waals surface area (Å²) in [5.41, 5.74) is 7.00. The first-order valence-corrected chi connectivity index (χ1v) is 6.72. The fraction of sp³-hybridized carbons (Fsp3) is 0.600. The normalized spacial score (nSPS) is 12.2. The van der Waals surface area contributed by atoms with E-state index >= 15 is 0 Å². The van der Waals surface area contributed by atoms with Gasteiger partial charge in [-0.25, -0.2) is 0 Å². The maximum absolute atomic E-state index is 5.81. The topological polar surface area (TPSA) is 44.5 Å². The van der Waals surface area contributed by atoms with Gasteiger partial charge in [0, 0.05) is 6.04 Å². The molecule has 18 heavy (non-hydrogen) atoms. The van der Waals surface area contributed by atoms with Gasteiger partial charge in [0.1, 0.15) is 0 Å². The van der Waals surface area contributed by atoms with Crippen LogP contribution in [-0.2, 0) is 6.42 Å². The summed E-state index contributed by atoms with van der Waals surface area (Å²) in [6.07, 6.45) is 4.33. The number of ether oxygens (including phenoxy) is 2. The summed E-state index contributed by atoms with van der Waals surface area (Å²) in [7, 11) is 1.67. The molecule has 0 saturated heterocycles. The fourth-order valence-corrected chi connectivity index (χ4v) is 1.87. The zero-order chi connectivity index (χ0) is 13.4. The molecule has 0 radical (unpaired) electrons. The monoisotopic (exact) mass is 251 g/mol. The Labute approximate surface area is 110 Å². The number of rotatable bonds is 8. The molecule has 1 rings (SSSR count). The van der Waals surface area contributed by atoms with Crippen molar-refractivity contribution < 1.29 is 9.47 Å². The van der Waals surface area contributed by atoms with E-state index in [1.54, 1.807) is 7.11 Å². The molecule has 1 unspecified atom stereocenters. The summed E-state index contributed by atoms with van der Waals surface area (Å²) >= 11 is 0. The highest BCUT2D eigenvalue weighted by Crippen LogP contribution is 2.28. The third kappa shape index (κ3) is 4.96. The highest BCUT2D eigenvalue weighted by molar-refractivity contribution is 5.43. The molecule has 0 heterocycles. The van der Waals surface area contributed by atoms with Crippen LogP contribution in [0.4, 0.5) is 0 Å². The summed E-state index contributed by atoms with van der Waals surface area (Å²) in [6, 6.07) is 6.19. The molecule has 0 aliphatic rings. The number of hydrogen-bond donors (Lipinski definition) is 1. The van der Waals surface area contributed by atoms with Crippen molar-refractivity contribution in [1.82, 2.24) is 0 Å². The largest absolute Gasteiger partial charge is 0.493 e. The molecular formula is C15H25NO2. The first-order chi connectivity index (χ1) is 8.67. The SMILES string of the molecule is CCCCCOc1cc(CC(C)N)ccc1OC. The number of nitrogens with two attached hydrogens (primary N) is 1. The lowest BCUT2D eigenvalue weighted by atomic mass is 10.1. The van der Waals surface area contributed by atoms with E-state index in [0.29, 0.717) is 0 Å². The molecule has 0 amide bonds. The zero-order valence-corrected chi connectivity index (χ0v) is 11.7. The van der Waals surface area contributed by atoms with E-state index < -0.39 is 0 Å². The molecule has 0 spiro atoms. The Kier molecular flexibility index (Phi) is 6.58. The van der Waals surface area contributed by atoms with Gasteiger partial charge < -0.3 is 15.2 Å². The third-order valence-corrected chi connectivity index (χ3v) is 2.79. The minimum absolute atomic E-state index is 0.159. The number of methoxy groups -OCH3 is 1. The minimum atomic E-state index is 0.159. The van der Waals surface area contributed by atoms with Gasteiger partial charge in [-0.2, -0.15) is 0 Å². The zero-order valence-electron chi connectivity index (χ0n) is 11.7. The van der Waals surface area contributed by atoms with E-state index in [2.05, 4.69) is 6.92 Å². The predicted molar refractivity (Wildman–Crippen MR) is 75.4 cm³/mol. The van der Waals surface area contributed by atoms with Crippen LogP contribution in [0.3, 0.4) is 0 Å². The van der Waals surface area contributed by atoms with Crippen molar-refractivity contribution in [3.05, 3.63) is 23.8 Å². The van der Waals surface area contributed by atoms with Crippen LogP contribution in [0.5, 0.6) is 11.5 Å². The summed E-state index contributed by atoms with van der Waals surface area (Å²) < 4.78 is 11.1. The number of hydrogen-bond acceptors (Lipinski definition) is 3. The molecule has 0 aliphatic carbocycles. The van der Waals surface area contributed by atoms with E-state index in [1.165, 1.54) is 18.4 Å². The second kappa shape index (κ2) is 7.98. The summed E-state index contributed by atoms with van der Waals surface area (Å²) in [4.78, 5) is 0. The van der Waals surface area contributed by atoms with Crippen molar-refractivity contribution in [2.24, 2.45) is 5.73 Å². The Hall–Kier alpha value is -1.22. The highest BCUT2D eigenvalue weighted by Gasteiger charge is 2.07. The summed E-state index contributed by atoms with van der Waals surface area (Å²) in [5, 5.41) is 0. The van der Waals surface area contributed by atoms with Crippen LogP contribution in [0.1, 0.15) is 38.7 Å². The van der Waals surface area contributed by atoms with E-state index in [1.807, 2.05) is 25.1 Å². The van der Waals surface area contributed by atoms with Crippen LogP contribution in [0.15, 0.2) is 18.2 Å². The van der Waals surface area contributed by atoms with Crippen LogP contribution in [0, 0.1) is 0 Å². The van der Waals surface area contributed by atoms with Crippen molar-refractivity contribution in [3.8, 4) is 11.5 Å². The van der Waals surface area contributed by atoms with Crippen molar-refractivity contribution in [2.75, 3.05) is 13.7 Å². The highest BCUT2D eigenvalue weighted by atomic mass is 16.5. The van der Waals surface area contributed by atoms with Crippen molar-refractivity contribution in [2.45, 2.75) is 45.6 Å². The lowest BCUT2D eigenvalue weighted by Crippen LogP contribution is -2.17. The number of unbranched alkanes of at least 4 members (excludes halogenated alkanes) is 2. The smallest absolute Gasteiger partial charge is 0.161 e. The maximum Gasteiger partial charge on any atom is 0.161 e. The van der Waals surface area contributed by atoms with Crippen molar-refractivity contribution in [1.29, 1.82) is 0 Å². The van der Waals surface area contributed by atoms with E-state index in [4.69, 9.17) is 15.2 Å². The Morgan fingerprint density at radius 2 is 2.00 bits per heavy atom. The van der Waals surface area contributed by atoms with Gasteiger partial charge in [-0.3, -0.25) is 0 Å². The maximum atomic E-state index is 5.81. The Morgan fingerprint density at radius 3 is 2.61 bits per heavy atom. The van der Waals surface area contributed by atoms with Crippen LogP contribution in [0.2, 0.25) is 0 Å². The van der Waals surface area contributed by atoms with Gasteiger partial charge in [-0.05, 0) is 37.5 Å². The second-order valence-corrected chi connectivity index (χ2v) is 4.72. The predicted octanol–water partition coefficient (Wildman–Crippen LogP) is 3.15. The molecule has 1 aromatic rings. The number of benzene rings is 1. The summed E-state index contributed by atoms with van der Waals surface area (Å²) in [5.74, 6) is 1.62. The van der Waals surface area contributed by atoms with Crippen LogP contribution < -0.4 is 15.2 Å². The van der Waals surface area contributed by atoms with Crippen LogP contribution >= 0.6 is 0 Å². The minimum Gasteiger partial charge on any atom is -0.493 e. The molecule has 1 atom stereocenters. The molecule has 3 heteroatoms. The average molecular weight is 251 g/mol. The van der Waals surface area contributed by atoms with Gasteiger partial charge in [-0.15, -0.1) is 0 Å². The molecule has 0 saturated carbocycles. The van der Waals surface area contributed by atoms with Gasteiger partial charge in [0.25, 0.3) is 0 Å². The third-order valence-electron chi connectivity index (χ3n) is 2.79. The summed E-state index contributed by atoms with van der Waals surface area (Å²) in [6.45, 7) is 4.93. The van der Waals surface area contributed by atoms with Gasteiger partial charge in [0.05, 0.1) is 13.7 Å². The van der Waals surface area contributed by atoms with E-state index in [9.17, 15) is 0 Å². The first-order valence-electron chi connectivity index (χ1n) is 6.72. The lowest BCUT2D eigenvalue weighted by molar-refractivity contribution is 0.285. The van der Waals surface area contributed by atoms with Gasteiger partial charge in [-0.1, -0.05) is 25.8 Å². The van der Waals surface area contributed by atoms with Crippen LogP contribution in [0.25, 0.3) is 0 Å². The quantitative estimate of drug-likeness (QED) is 0.722. The lowest BCUT2D eigenvalue weighted by Gasteiger charge is -2.13. The molecule has 2 N–H and O–H groups in total. The molecular weight excluding hydrogens is 226 g/mol. The Morgan fingerprint density at radius 1 is 1.22 bits per heavy atom. The molecule has 0 aromatic heterocycles. The van der Waals surface area contributed by atoms with Gasteiger partial charge in [0.2, 0.25) is 0 Å². The van der Waals surface area contributed by atoms with E-state index in [-0.39, 0.29) is 6.04 Å². The van der Waals surface area contributed by atoms with Crippen molar-refractivity contribution >= 4 is 0 Å². The Balaban J connectivity index is 2.66. The molecule has 0 aliphatic heterocycles. The van der Waals surface area contributed by atoms with Crippen LogP contribution in [-0.4, -0.2) is 19.8 Å². The second-order valence-electron chi connectivity index (χ2n) is 4.72. The molecule has 0 bridgehead atoms. The molecule has 102 valence electrons. The standard InChI is InChI=1S/C15H25NO2/c1-4-5-6-9-18-15-11-13(10-12(2)16)7-8-14(15)17-3/h7-8,11-12H,4-6,9-10,16H2,1-3H3. The molecule has 1 aromatic carbocycles. The Bertz CT molecular complexity index is 350. The molecule has 0 fully saturated rings. The van der Waals surface area contributed by atoms with Gasteiger partial charge in [0.15, 0.2) is 11.5 Å². The fourth-order valence-electron chi connectivity index (χ4n) is 1.87. The average Bonchev–Trinajstić information content (AvgIpc) is 2.34. The first kappa shape index (κ1) is 14.8.